The first-order valence-electron chi connectivity index (χ1n) is 4.38. The summed E-state index contributed by atoms with van der Waals surface area (Å²) in [6, 6.07) is 0. The minimum absolute atomic E-state index is 0.925. The van der Waals surface area contributed by atoms with E-state index in [4.69, 9.17) is 0 Å². The third-order valence-corrected chi connectivity index (χ3v) is 10.3. The molecule has 0 bridgehead atoms. The Labute approximate surface area is 70.1 Å². The van der Waals surface area contributed by atoms with Crippen LogP contribution in [0.1, 0.15) is 26.7 Å². The molecule has 2 heteroatoms. The Morgan fingerprint density at radius 2 is 1.40 bits per heavy atom. The predicted octanol–water partition coefficient (Wildman–Crippen LogP) is 2.09. The molecule has 0 aromatic heterocycles. The van der Waals surface area contributed by atoms with Crippen LogP contribution in [0.3, 0.4) is 0 Å². The van der Waals surface area contributed by atoms with E-state index in [0.717, 1.165) is 0 Å². The Morgan fingerprint density at radius 1 is 1.00 bits per heavy atom. The quantitative estimate of drug-likeness (QED) is 0.619. The second kappa shape index (κ2) is 6.23. The molecule has 0 atom stereocenters. The van der Waals surface area contributed by atoms with Gasteiger partial charge in [0.1, 0.15) is 0 Å². The zero-order valence-electron chi connectivity index (χ0n) is 7.85. The van der Waals surface area contributed by atoms with E-state index in [9.17, 15) is 0 Å². The third-order valence-electron chi connectivity index (χ3n) is 1.97. The SMILES string of the molecule is CC[CH2][GeH]([CH2]CC)[N](C)C. The molecular formula is C8H21GeN. The van der Waals surface area contributed by atoms with Gasteiger partial charge in [-0.1, -0.05) is 0 Å². The van der Waals surface area contributed by atoms with Crippen molar-refractivity contribution in [2.24, 2.45) is 0 Å². The zero-order valence-corrected chi connectivity index (χ0v) is 10.3. The first kappa shape index (κ1) is 10.5. The molecule has 0 saturated carbocycles. The van der Waals surface area contributed by atoms with Gasteiger partial charge in [-0.2, -0.15) is 0 Å². The summed E-state index contributed by atoms with van der Waals surface area (Å²) in [7, 11) is 4.52. The molecule has 0 amide bonds. The third kappa shape index (κ3) is 4.34. The Hall–Kier alpha value is 0.503. The average Bonchev–Trinajstić information content (AvgIpc) is 1.87. The van der Waals surface area contributed by atoms with Crippen LogP contribution in [0, 0.1) is 0 Å². The Kier molecular flexibility index (Phi) is 6.54. The molecule has 0 saturated heterocycles. The first-order valence-corrected chi connectivity index (χ1v) is 8.89. The monoisotopic (exact) mass is 205 g/mol. The zero-order chi connectivity index (χ0) is 7.98. The van der Waals surface area contributed by atoms with Gasteiger partial charge in [-0.25, -0.2) is 0 Å². The summed E-state index contributed by atoms with van der Waals surface area (Å²) in [5, 5.41) is 3.07. The first-order chi connectivity index (χ1) is 4.72. The van der Waals surface area contributed by atoms with Gasteiger partial charge in [0.25, 0.3) is 0 Å². The van der Waals surface area contributed by atoms with E-state index in [1.807, 2.05) is 0 Å². The molecule has 0 N–H and O–H groups in total. The van der Waals surface area contributed by atoms with Crippen LogP contribution in [-0.4, -0.2) is 32.5 Å². The summed E-state index contributed by atoms with van der Waals surface area (Å²) in [6.45, 7) is 4.61. The molecule has 0 aromatic carbocycles. The number of rotatable bonds is 5. The summed E-state index contributed by atoms with van der Waals surface area (Å²) in [5.74, 6) is 0. The van der Waals surface area contributed by atoms with Gasteiger partial charge in [0.05, 0.1) is 0 Å². The van der Waals surface area contributed by atoms with E-state index in [2.05, 4.69) is 31.8 Å². The van der Waals surface area contributed by atoms with E-state index in [1.54, 1.807) is 0 Å². The molecule has 0 rings (SSSR count). The Bertz CT molecular complexity index is 67.7. The summed E-state index contributed by atoms with van der Waals surface area (Å²) in [5.41, 5.74) is 0. The fourth-order valence-corrected chi connectivity index (χ4v) is 6.90. The van der Waals surface area contributed by atoms with Gasteiger partial charge in [0.15, 0.2) is 0 Å². The molecule has 0 unspecified atom stereocenters. The standard InChI is InChI=1S/C8H21GeN/c1-5-7-9(8-6-2)10(3)4/h9H,5-8H2,1-4H3. The summed E-state index contributed by atoms with van der Waals surface area (Å²) >= 11 is -0.925. The summed E-state index contributed by atoms with van der Waals surface area (Å²) in [4.78, 5) is 0. The van der Waals surface area contributed by atoms with Gasteiger partial charge in [0, 0.05) is 0 Å². The fraction of sp³-hybridized carbons (Fsp3) is 1.00. The van der Waals surface area contributed by atoms with Gasteiger partial charge in [-0.05, 0) is 0 Å². The molecular weight excluding hydrogens is 183 g/mol. The molecule has 62 valence electrons. The normalized spacial score (nSPS) is 11.4. The second-order valence-corrected chi connectivity index (χ2v) is 10.5. The summed E-state index contributed by atoms with van der Waals surface area (Å²) < 4.78 is 2.53. The van der Waals surface area contributed by atoms with Crippen molar-refractivity contribution in [1.82, 2.24) is 3.86 Å². The van der Waals surface area contributed by atoms with Crippen molar-refractivity contribution in [3.05, 3.63) is 0 Å². The van der Waals surface area contributed by atoms with E-state index in [0.29, 0.717) is 0 Å². The van der Waals surface area contributed by atoms with Crippen molar-refractivity contribution in [3.63, 3.8) is 0 Å². The average molecular weight is 204 g/mol. The maximum absolute atomic E-state index is 2.53. The van der Waals surface area contributed by atoms with Crippen LogP contribution in [0.5, 0.6) is 0 Å². The maximum atomic E-state index is 2.53. The van der Waals surface area contributed by atoms with Gasteiger partial charge >= 0.3 is 69.7 Å². The van der Waals surface area contributed by atoms with Gasteiger partial charge in [0.2, 0.25) is 0 Å². The summed E-state index contributed by atoms with van der Waals surface area (Å²) in [6.07, 6.45) is 2.78. The van der Waals surface area contributed by atoms with Crippen LogP contribution in [0.4, 0.5) is 0 Å². The predicted molar refractivity (Wildman–Crippen MR) is 51.0 cm³/mol. The molecule has 0 fully saturated rings. The van der Waals surface area contributed by atoms with E-state index >= 15 is 0 Å². The molecule has 0 aliphatic carbocycles. The van der Waals surface area contributed by atoms with Crippen LogP contribution in [-0.2, 0) is 0 Å². The van der Waals surface area contributed by atoms with E-state index < -0.39 is 14.6 Å². The molecule has 0 aliphatic heterocycles. The molecule has 0 aliphatic rings. The van der Waals surface area contributed by atoms with Crippen molar-refractivity contribution in [2.45, 2.75) is 37.2 Å². The molecule has 0 heterocycles. The van der Waals surface area contributed by atoms with Crippen molar-refractivity contribution in [2.75, 3.05) is 14.1 Å². The van der Waals surface area contributed by atoms with Crippen LogP contribution in [0.25, 0.3) is 0 Å². The van der Waals surface area contributed by atoms with Crippen molar-refractivity contribution >= 4 is 14.6 Å². The second-order valence-electron chi connectivity index (χ2n) is 3.19. The number of nitrogens with zero attached hydrogens (tertiary/aromatic N) is 1. The molecule has 0 spiro atoms. The Balaban J connectivity index is 3.50. The minimum atomic E-state index is -0.925. The van der Waals surface area contributed by atoms with Crippen molar-refractivity contribution < 1.29 is 0 Å². The van der Waals surface area contributed by atoms with Crippen LogP contribution in [0.15, 0.2) is 0 Å². The number of hydrogen-bond donors (Lipinski definition) is 0. The van der Waals surface area contributed by atoms with Crippen molar-refractivity contribution in [3.8, 4) is 0 Å². The fourth-order valence-electron chi connectivity index (χ4n) is 1.33. The molecule has 0 radical (unpaired) electrons. The Morgan fingerprint density at radius 3 is 1.60 bits per heavy atom. The molecule has 0 aromatic rings. The van der Waals surface area contributed by atoms with Gasteiger partial charge < -0.3 is 0 Å². The van der Waals surface area contributed by atoms with E-state index in [1.165, 1.54) is 23.3 Å². The van der Waals surface area contributed by atoms with Gasteiger partial charge in [-0.15, -0.1) is 0 Å². The van der Waals surface area contributed by atoms with Crippen molar-refractivity contribution in [1.29, 1.82) is 0 Å². The van der Waals surface area contributed by atoms with Crippen LogP contribution >= 0.6 is 0 Å². The number of hydrogen-bond acceptors (Lipinski definition) is 1. The molecule has 1 nitrogen and oxygen atoms in total. The van der Waals surface area contributed by atoms with E-state index in [-0.39, 0.29) is 0 Å². The topological polar surface area (TPSA) is 3.24 Å². The van der Waals surface area contributed by atoms with Gasteiger partial charge in [-0.3, -0.25) is 0 Å². The van der Waals surface area contributed by atoms with Crippen LogP contribution in [0.2, 0.25) is 10.5 Å². The molecule has 10 heavy (non-hydrogen) atoms. The van der Waals surface area contributed by atoms with Crippen LogP contribution < -0.4 is 0 Å².